The molecule has 0 unspecified atom stereocenters. The summed E-state index contributed by atoms with van der Waals surface area (Å²) in [5.74, 6) is 0.938. The van der Waals surface area contributed by atoms with Crippen LogP contribution in [0.25, 0.3) is 0 Å². The third-order valence-electron chi connectivity index (χ3n) is 4.21. The minimum Gasteiger partial charge on any atom is -0.481 e. The molecule has 7 heteroatoms. The number of hydrazine groups is 1. The minimum absolute atomic E-state index is 0.282. The van der Waals surface area contributed by atoms with Gasteiger partial charge in [0.25, 0.3) is 5.91 Å². The molecule has 5 nitrogen and oxygen atoms in total. The van der Waals surface area contributed by atoms with E-state index >= 15 is 0 Å². The van der Waals surface area contributed by atoms with Crippen LogP contribution in [0.3, 0.4) is 0 Å². The maximum atomic E-state index is 12.1. The lowest BCUT2D eigenvalue weighted by Crippen LogP contribution is -2.53. The van der Waals surface area contributed by atoms with E-state index in [-0.39, 0.29) is 5.91 Å². The molecule has 0 spiro atoms. The molecule has 1 amide bonds. The van der Waals surface area contributed by atoms with Gasteiger partial charge in [-0.25, -0.2) is 0 Å². The molecule has 1 aromatic rings. The molecular formula is C17H24BrN3O2S. The summed E-state index contributed by atoms with van der Waals surface area (Å²) in [6.45, 7) is 3.92. The zero-order valence-corrected chi connectivity index (χ0v) is 16.4. The van der Waals surface area contributed by atoms with Crippen LogP contribution in [-0.2, 0) is 4.79 Å². The van der Waals surface area contributed by atoms with E-state index < -0.39 is 6.10 Å². The number of hydrogen-bond donors (Lipinski definition) is 3. The first kappa shape index (κ1) is 19.0. The molecule has 1 fully saturated rings. The fourth-order valence-corrected chi connectivity index (χ4v) is 3.33. The predicted molar refractivity (Wildman–Crippen MR) is 103 cm³/mol. The van der Waals surface area contributed by atoms with Crippen molar-refractivity contribution in [1.82, 2.24) is 16.2 Å². The van der Waals surface area contributed by atoms with Gasteiger partial charge < -0.3 is 10.1 Å². The number of nitrogens with one attached hydrogen (secondary N) is 3. The van der Waals surface area contributed by atoms with Crippen LogP contribution in [0.4, 0.5) is 0 Å². The second-order valence-corrected chi connectivity index (χ2v) is 7.50. The molecule has 3 N–H and O–H groups in total. The standard InChI is InChI=1S/C17H24BrN3O2S/c1-11-6-3-4-9-15(11)19-17(24)21-20-16(22)12(2)23-14-8-5-7-13(18)10-14/h5,7-8,10-12,15H,3-4,6,9H2,1-2H3,(H,20,22)(H2,19,21,24)/t11-,12-,15-/m1/s1. The number of rotatable bonds is 4. The molecule has 24 heavy (non-hydrogen) atoms. The number of carbonyl (C=O) groups excluding carboxylic acids is 1. The van der Waals surface area contributed by atoms with E-state index in [1.165, 1.54) is 19.3 Å². The van der Waals surface area contributed by atoms with Crippen molar-refractivity contribution in [3.63, 3.8) is 0 Å². The third kappa shape index (κ3) is 5.94. The van der Waals surface area contributed by atoms with E-state index in [1.54, 1.807) is 13.0 Å². The highest BCUT2D eigenvalue weighted by atomic mass is 79.9. The molecule has 1 aliphatic carbocycles. The number of amides is 1. The van der Waals surface area contributed by atoms with Gasteiger partial charge in [-0.15, -0.1) is 0 Å². The maximum Gasteiger partial charge on any atom is 0.279 e. The van der Waals surface area contributed by atoms with Crippen LogP contribution in [0.2, 0.25) is 0 Å². The summed E-state index contributed by atoms with van der Waals surface area (Å²) in [4.78, 5) is 12.1. The number of benzene rings is 1. The van der Waals surface area contributed by atoms with Gasteiger partial charge in [-0.2, -0.15) is 0 Å². The van der Waals surface area contributed by atoms with Gasteiger partial charge in [0.1, 0.15) is 5.75 Å². The number of carbonyl (C=O) groups is 1. The first-order chi connectivity index (χ1) is 11.5. The molecule has 0 heterocycles. The second-order valence-electron chi connectivity index (χ2n) is 6.17. The largest absolute Gasteiger partial charge is 0.481 e. The van der Waals surface area contributed by atoms with Crippen molar-refractivity contribution >= 4 is 39.2 Å². The van der Waals surface area contributed by atoms with Crippen molar-refractivity contribution in [2.45, 2.75) is 51.7 Å². The Hall–Kier alpha value is -1.34. The average molecular weight is 414 g/mol. The molecule has 1 aromatic carbocycles. The Labute approximate surface area is 157 Å². The minimum atomic E-state index is -0.636. The summed E-state index contributed by atoms with van der Waals surface area (Å²) in [5, 5.41) is 3.72. The zero-order valence-electron chi connectivity index (χ0n) is 14.0. The van der Waals surface area contributed by atoms with Crippen LogP contribution in [0.1, 0.15) is 39.5 Å². The Morgan fingerprint density at radius 2 is 2.08 bits per heavy atom. The molecule has 0 aromatic heterocycles. The highest BCUT2D eigenvalue weighted by Crippen LogP contribution is 2.23. The molecule has 0 bridgehead atoms. The Morgan fingerprint density at radius 3 is 2.79 bits per heavy atom. The number of ether oxygens (including phenoxy) is 1. The summed E-state index contributed by atoms with van der Waals surface area (Å²) in [6, 6.07) is 7.74. The van der Waals surface area contributed by atoms with Gasteiger partial charge in [0.05, 0.1) is 0 Å². The van der Waals surface area contributed by atoms with Gasteiger partial charge in [0.15, 0.2) is 11.2 Å². The van der Waals surface area contributed by atoms with Gasteiger partial charge in [0, 0.05) is 10.5 Å². The fraction of sp³-hybridized carbons (Fsp3) is 0.529. The summed E-state index contributed by atoms with van der Waals surface area (Å²) >= 11 is 8.63. The molecule has 132 valence electrons. The maximum absolute atomic E-state index is 12.1. The van der Waals surface area contributed by atoms with Gasteiger partial charge in [0.2, 0.25) is 0 Å². The summed E-state index contributed by atoms with van der Waals surface area (Å²) < 4.78 is 6.51. The quantitative estimate of drug-likeness (QED) is 0.522. The van der Waals surface area contributed by atoms with E-state index in [0.717, 1.165) is 10.9 Å². The summed E-state index contributed by atoms with van der Waals surface area (Å²) in [7, 11) is 0. The summed E-state index contributed by atoms with van der Waals surface area (Å²) in [6.07, 6.45) is 4.18. The lowest BCUT2D eigenvalue weighted by molar-refractivity contribution is -0.127. The first-order valence-electron chi connectivity index (χ1n) is 8.24. The van der Waals surface area contributed by atoms with Crippen molar-refractivity contribution in [3.8, 4) is 5.75 Å². The number of hydrogen-bond acceptors (Lipinski definition) is 3. The van der Waals surface area contributed by atoms with Gasteiger partial charge in [-0.05, 0) is 56.1 Å². The van der Waals surface area contributed by atoms with Gasteiger partial charge in [-0.1, -0.05) is 41.8 Å². The molecule has 2 rings (SSSR count). The monoisotopic (exact) mass is 413 g/mol. The number of thiocarbonyl (C=S) groups is 1. The summed E-state index contributed by atoms with van der Waals surface area (Å²) in [5.41, 5.74) is 5.35. The Bertz CT molecular complexity index is 585. The van der Waals surface area contributed by atoms with Crippen LogP contribution < -0.4 is 20.9 Å². The molecule has 0 aliphatic heterocycles. The molecule has 1 saturated carbocycles. The number of halogens is 1. The highest BCUT2D eigenvalue weighted by Gasteiger charge is 2.22. The zero-order chi connectivity index (χ0) is 17.5. The van der Waals surface area contributed by atoms with Crippen molar-refractivity contribution in [2.24, 2.45) is 5.92 Å². The van der Waals surface area contributed by atoms with E-state index in [9.17, 15) is 4.79 Å². The Balaban J connectivity index is 1.74. The van der Waals surface area contributed by atoms with Crippen LogP contribution >= 0.6 is 28.1 Å². The topological polar surface area (TPSA) is 62.4 Å². The van der Waals surface area contributed by atoms with E-state index in [2.05, 4.69) is 39.0 Å². The Morgan fingerprint density at radius 1 is 1.33 bits per heavy atom. The molecule has 0 radical (unpaired) electrons. The van der Waals surface area contributed by atoms with Gasteiger partial charge in [-0.3, -0.25) is 15.6 Å². The Kier molecular flexibility index (Phi) is 7.30. The second kappa shape index (κ2) is 9.22. The lowest BCUT2D eigenvalue weighted by atomic mass is 9.86. The lowest BCUT2D eigenvalue weighted by Gasteiger charge is -2.30. The van der Waals surface area contributed by atoms with Crippen LogP contribution in [-0.4, -0.2) is 23.2 Å². The SMILES string of the molecule is C[C@@H]1CCCC[C@H]1NC(=S)NNC(=O)[C@@H](C)Oc1cccc(Br)c1. The van der Waals surface area contributed by atoms with Crippen molar-refractivity contribution in [1.29, 1.82) is 0 Å². The van der Waals surface area contributed by atoms with E-state index in [4.69, 9.17) is 17.0 Å². The molecule has 1 aliphatic rings. The van der Waals surface area contributed by atoms with Crippen molar-refractivity contribution in [3.05, 3.63) is 28.7 Å². The highest BCUT2D eigenvalue weighted by molar-refractivity contribution is 9.10. The third-order valence-corrected chi connectivity index (χ3v) is 4.92. The van der Waals surface area contributed by atoms with E-state index in [1.807, 2.05) is 18.2 Å². The van der Waals surface area contributed by atoms with Crippen molar-refractivity contribution < 1.29 is 9.53 Å². The fourth-order valence-electron chi connectivity index (χ4n) is 2.75. The van der Waals surface area contributed by atoms with E-state index in [0.29, 0.717) is 22.8 Å². The molecular weight excluding hydrogens is 390 g/mol. The smallest absolute Gasteiger partial charge is 0.279 e. The van der Waals surface area contributed by atoms with Crippen molar-refractivity contribution in [2.75, 3.05) is 0 Å². The molecule has 3 atom stereocenters. The van der Waals surface area contributed by atoms with Gasteiger partial charge >= 0.3 is 0 Å². The van der Waals surface area contributed by atoms with Crippen LogP contribution in [0.15, 0.2) is 28.7 Å². The van der Waals surface area contributed by atoms with Crippen LogP contribution in [0, 0.1) is 5.92 Å². The molecule has 0 saturated heterocycles. The normalized spacial score (nSPS) is 21.5. The first-order valence-corrected chi connectivity index (χ1v) is 9.44. The predicted octanol–water partition coefficient (Wildman–Crippen LogP) is 3.29. The average Bonchev–Trinajstić information content (AvgIpc) is 2.54. The van der Waals surface area contributed by atoms with Crippen LogP contribution in [0.5, 0.6) is 5.75 Å².